The van der Waals surface area contributed by atoms with Gasteiger partial charge in [-0.05, 0) is 31.2 Å². The molecule has 6 nitrogen and oxygen atoms in total. The van der Waals surface area contributed by atoms with Crippen LogP contribution in [-0.4, -0.2) is 46.5 Å². The molecule has 2 amide bonds. The summed E-state index contributed by atoms with van der Waals surface area (Å²) < 4.78 is 28.7. The fourth-order valence-corrected chi connectivity index (χ4v) is 3.47. The topological polar surface area (TPSA) is 86.7 Å². The van der Waals surface area contributed by atoms with E-state index < -0.39 is 36.6 Å². The molecule has 1 heterocycles. The van der Waals surface area contributed by atoms with E-state index in [1.807, 2.05) is 0 Å². The van der Waals surface area contributed by atoms with Gasteiger partial charge in [0.15, 0.2) is 11.6 Å². The summed E-state index contributed by atoms with van der Waals surface area (Å²) in [7, 11) is 0. The quantitative estimate of drug-likeness (QED) is 0.716. The monoisotopic (exact) mass is 422 g/mol. The predicted octanol–water partition coefficient (Wildman–Crippen LogP) is 4.38. The number of carbonyl (C=O) groups excluding carboxylic acids is 2. The van der Waals surface area contributed by atoms with Crippen LogP contribution < -0.4 is 5.32 Å². The van der Waals surface area contributed by atoms with Gasteiger partial charge in [-0.15, -0.1) is 0 Å². The number of carboxylic acid groups (broad SMARTS) is 1. The van der Waals surface area contributed by atoms with E-state index >= 15 is 4.39 Å². The first-order chi connectivity index (χ1) is 13.7. The number of benzene rings is 2. The molecule has 0 bridgehead atoms. The number of anilines is 1. The molecular weight excluding hydrogens is 406 g/mol. The lowest BCUT2D eigenvalue weighted by Crippen LogP contribution is -2.42. The van der Waals surface area contributed by atoms with Crippen molar-refractivity contribution in [3.05, 3.63) is 52.8 Å². The second-order valence-corrected chi connectivity index (χ2v) is 7.10. The highest BCUT2D eigenvalue weighted by molar-refractivity contribution is 6.33. The Morgan fingerprint density at radius 3 is 2.59 bits per heavy atom. The zero-order chi connectivity index (χ0) is 21.3. The van der Waals surface area contributed by atoms with Crippen LogP contribution in [0.15, 0.2) is 36.4 Å². The molecule has 1 saturated heterocycles. The van der Waals surface area contributed by atoms with E-state index in [0.29, 0.717) is 10.5 Å². The van der Waals surface area contributed by atoms with Crippen molar-refractivity contribution in [2.24, 2.45) is 0 Å². The van der Waals surface area contributed by atoms with Gasteiger partial charge >= 0.3 is 6.09 Å². The zero-order valence-corrected chi connectivity index (χ0v) is 16.0. The summed E-state index contributed by atoms with van der Waals surface area (Å²) >= 11 is 6.16. The predicted molar refractivity (Wildman–Crippen MR) is 104 cm³/mol. The molecule has 0 spiro atoms. The minimum Gasteiger partial charge on any atom is -0.465 e. The van der Waals surface area contributed by atoms with E-state index in [4.69, 9.17) is 16.7 Å². The van der Waals surface area contributed by atoms with Crippen molar-refractivity contribution >= 4 is 35.1 Å². The van der Waals surface area contributed by atoms with Crippen molar-refractivity contribution in [1.29, 1.82) is 0 Å². The zero-order valence-electron chi connectivity index (χ0n) is 15.3. The number of nitrogens with one attached hydrogen (secondary N) is 1. The summed E-state index contributed by atoms with van der Waals surface area (Å²) in [4.78, 5) is 36.0. The lowest BCUT2D eigenvalue weighted by molar-refractivity contribution is -0.120. The van der Waals surface area contributed by atoms with Crippen molar-refractivity contribution in [3.63, 3.8) is 0 Å². The fourth-order valence-electron chi connectivity index (χ4n) is 3.25. The molecule has 2 N–H and O–H groups in total. The van der Waals surface area contributed by atoms with Gasteiger partial charge in [-0.3, -0.25) is 14.5 Å². The highest BCUT2D eigenvalue weighted by atomic mass is 35.5. The SMILES string of the molecule is CC(=O)c1ccc(Cl)c(-c2cccc(NC(=O)C3CC(F)CN3C(=O)O)c2F)c1. The third-order valence-corrected chi connectivity index (χ3v) is 5.05. The van der Waals surface area contributed by atoms with Crippen molar-refractivity contribution in [1.82, 2.24) is 4.90 Å². The molecule has 152 valence electrons. The van der Waals surface area contributed by atoms with E-state index in [2.05, 4.69) is 5.32 Å². The Morgan fingerprint density at radius 1 is 1.21 bits per heavy atom. The molecule has 0 radical (unpaired) electrons. The number of hydrogen-bond acceptors (Lipinski definition) is 3. The standard InChI is InChI=1S/C20H17ClF2N2O4/c1-10(26)11-5-6-15(21)14(7-11)13-3-2-4-16(18(13)23)24-19(27)17-8-12(22)9-25(17)20(28)29/h2-7,12,17H,8-9H2,1H3,(H,24,27)(H,28,29). The molecule has 29 heavy (non-hydrogen) atoms. The highest BCUT2D eigenvalue weighted by Crippen LogP contribution is 2.34. The third kappa shape index (κ3) is 4.22. The van der Waals surface area contributed by atoms with Gasteiger partial charge in [0.05, 0.1) is 12.2 Å². The summed E-state index contributed by atoms with van der Waals surface area (Å²) in [5.41, 5.74) is 0.463. The molecule has 1 aliphatic rings. The maximum absolute atomic E-state index is 15.1. The van der Waals surface area contributed by atoms with Gasteiger partial charge in [0.1, 0.15) is 12.2 Å². The number of likely N-dealkylation sites (tertiary alicyclic amines) is 1. The lowest BCUT2D eigenvalue weighted by Gasteiger charge is -2.20. The van der Waals surface area contributed by atoms with Crippen LogP contribution in [0.1, 0.15) is 23.7 Å². The van der Waals surface area contributed by atoms with Gasteiger partial charge in [0.2, 0.25) is 5.91 Å². The summed E-state index contributed by atoms with van der Waals surface area (Å²) in [5.74, 6) is -1.85. The molecule has 2 atom stereocenters. The number of nitrogens with zero attached hydrogens (tertiary/aromatic N) is 1. The number of rotatable bonds is 4. The molecule has 1 fully saturated rings. The maximum Gasteiger partial charge on any atom is 0.408 e. The first-order valence-corrected chi connectivity index (χ1v) is 9.10. The molecule has 2 aromatic rings. The molecule has 0 aromatic heterocycles. The number of carbonyl (C=O) groups is 3. The molecule has 1 aliphatic heterocycles. The van der Waals surface area contributed by atoms with Gasteiger partial charge in [-0.1, -0.05) is 23.7 Å². The van der Waals surface area contributed by atoms with Gasteiger partial charge in [-0.2, -0.15) is 0 Å². The highest BCUT2D eigenvalue weighted by Gasteiger charge is 2.40. The lowest BCUT2D eigenvalue weighted by atomic mass is 10.00. The largest absolute Gasteiger partial charge is 0.465 e. The smallest absolute Gasteiger partial charge is 0.408 e. The van der Waals surface area contributed by atoms with Crippen LogP contribution in [0.2, 0.25) is 5.02 Å². The van der Waals surface area contributed by atoms with E-state index in [1.165, 1.54) is 43.3 Å². The first-order valence-electron chi connectivity index (χ1n) is 8.73. The summed E-state index contributed by atoms with van der Waals surface area (Å²) in [6, 6.07) is 7.40. The van der Waals surface area contributed by atoms with Gasteiger partial charge in [-0.25, -0.2) is 13.6 Å². The van der Waals surface area contributed by atoms with Crippen LogP contribution in [0, 0.1) is 5.82 Å². The molecule has 9 heteroatoms. The molecule has 2 aromatic carbocycles. The average Bonchev–Trinajstić information content (AvgIpc) is 3.06. The molecular formula is C20H17ClF2N2O4. The van der Waals surface area contributed by atoms with Crippen LogP contribution in [0.4, 0.5) is 19.3 Å². The normalized spacial score (nSPS) is 18.6. The van der Waals surface area contributed by atoms with Crippen LogP contribution >= 0.6 is 11.6 Å². The van der Waals surface area contributed by atoms with E-state index in [1.54, 1.807) is 0 Å². The number of alkyl halides is 1. The van der Waals surface area contributed by atoms with E-state index in [0.717, 1.165) is 0 Å². The van der Waals surface area contributed by atoms with Gasteiger partial charge in [0.25, 0.3) is 0 Å². The Bertz CT molecular complexity index is 998. The summed E-state index contributed by atoms with van der Waals surface area (Å²) in [6.07, 6.45) is -3.19. The maximum atomic E-state index is 15.1. The first kappa shape index (κ1) is 20.7. The minimum absolute atomic E-state index is 0.0563. The van der Waals surface area contributed by atoms with Gasteiger partial charge in [0, 0.05) is 28.1 Å². The van der Waals surface area contributed by atoms with Crippen LogP contribution in [-0.2, 0) is 4.79 Å². The van der Waals surface area contributed by atoms with Crippen molar-refractivity contribution in [2.45, 2.75) is 25.6 Å². The van der Waals surface area contributed by atoms with Gasteiger partial charge < -0.3 is 10.4 Å². The molecule has 0 saturated carbocycles. The summed E-state index contributed by atoms with van der Waals surface area (Å²) in [5, 5.41) is 11.7. The number of ketones is 1. The Labute approximate surface area is 170 Å². The Kier molecular flexibility index (Phi) is 5.83. The minimum atomic E-state index is -1.47. The number of Topliss-reactive ketones (excluding diaryl/α,β-unsaturated/α-hetero) is 1. The number of amides is 2. The second-order valence-electron chi connectivity index (χ2n) is 6.69. The van der Waals surface area contributed by atoms with E-state index in [9.17, 15) is 18.8 Å². The summed E-state index contributed by atoms with van der Waals surface area (Å²) in [6.45, 7) is 0.956. The molecule has 0 aliphatic carbocycles. The van der Waals surface area contributed by atoms with Crippen LogP contribution in [0.3, 0.4) is 0 Å². The Hall–Kier alpha value is -3.00. The number of hydrogen-bond donors (Lipinski definition) is 2. The second kappa shape index (κ2) is 8.16. The Balaban J connectivity index is 1.92. The average molecular weight is 423 g/mol. The van der Waals surface area contributed by atoms with E-state index in [-0.39, 0.29) is 34.0 Å². The Morgan fingerprint density at radius 2 is 1.93 bits per heavy atom. The molecule has 3 rings (SSSR count). The fraction of sp³-hybridized carbons (Fsp3) is 0.250. The third-order valence-electron chi connectivity index (χ3n) is 4.72. The van der Waals surface area contributed by atoms with Crippen LogP contribution in [0.5, 0.6) is 0 Å². The molecule has 2 unspecified atom stereocenters. The van der Waals surface area contributed by atoms with Crippen LogP contribution in [0.25, 0.3) is 11.1 Å². The van der Waals surface area contributed by atoms with Crippen molar-refractivity contribution in [2.75, 3.05) is 11.9 Å². The van der Waals surface area contributed by atoms with Crippen molar-refractivity contribution in [3.8, 4) is 11.1 Å². The number of halogens is 3. The van der Waals surface area contributed by atoms with Crippen molar-refractivity contribution < 1.29 is 28.3 Å².